The average molecular weight is 339 g/mol. The minimum Gasteiger partial charge on any atom is -0.330 e. The van der Waals surface area contributed by atoms with Crippen molar-refractivity contribution in [2.75, 3.05) is 18.5 Å². The molecular formula is C18H17N3O4. The van der Waals surface area contributed by atoms with Crippen molar-refractivity contribution >= 4 is 23.2 Å². The third-order valence-electron chi connectivity index (χ3n) is 4.34. The second-order valence-electron chi connectivity index (χ2n) is 5.85. The maximum Gasteiger partial charge on any atom is 0.270 e. The van der Waals surface area contributed by atoms with E-state index in [4.69, 9.17) is 0 Å². The third kappa shape index (κ3) is 3.21. The monoisotopic (exact) mass is 339 g/mol. The van der Waals surface area contributed by atoms with Crippen molar-refractivity contribution in [1.29, 1.82) is 0 Å². The lowest BCUT2D eigenvalue weighted by atomic mass is 10.1. The molecule has 2 aromatic carbocycles. The van der Waals surface area contributed by atoms with E-state index >= 15 is 0 Å². The highest BCUT2D eigenvalue weighted by Gasteiger charge is 2.37. The van der Waals surface area contributed by atoms with Gasteiger partial charge in [-0.05, 0) is 24.6 Å². The SMILES string of the molecule is CN(C(=O)c1cccc([N+](=O)[O-])c1)C1CCN(c2ccccc2)C1=O. The molecule has 128 valence electrons. The molecular weight excluding hydrogens is 322 g/mol. The zero-order valence-corrected chi connectivity index (χ0v) is 13.7. The predicted molar refractivity (Wildman–Crippen MR) is 92.4 cm³/mol. The normalized spacial score (nSPS) is 16.8. The molecule has 0 bridgehead atoms. The van der Waals surface area contributed by atoms with Crippen LogP contribution in [0.2, 0.25) is 0 Å². The Hall–Kier alpha value is -3.22. The van der Waals surface area contributed by atoms with Gasteiger partial charge in [0.2, 0.25) is 5.91 Å². The van der Waals surface area contributed by atoms with Crippen LogP contribution in [-0.4, -0.2) is 41.3 Å². The van der Waals surface area contributed by atoms with Crippen LogP contribution in [0.4, 0.5) is 11.4 Å². The van der Waals surface area contributed by atoms with Crippen LogP contribution in [0.15, 0.2) is 54.6 Å². The van der Waals surface area contributed by atoms with Gasteiger partial charge in [-0.15, -0.1) is 0 Å². The van der Waals surface area contributed by atoms with Gasteiger partial charge in [0.25, 0.3) is 11.6 Å². The molecule has 1 unspecified atom stereocenters. The fourth-order valence-corrected chi connectivity index (χ4v) is 2.99. The molecule has 1 aliphatic rings. The van der Waals surface area contributed by atoms with Crippen LogP contribution in [-0.2, 0) is 4.79 Å². The molecule has 0 spiro atoms. The van der Waals surface area contributed by atoms with E-state index in [1.165, 1.54) is 29.2 Å². The number of likely N-dealkylation sites (N-methyl/N-ethyl adjacent to an activating group) is 1. The van der Waals surface area contributed by atoms with E-state index in [1.807, 2.05) is 30.3 Å². The summed E-state index contributed by atoms with van der Waals surface area (Å²) in [6.45, 7) is 0.528. The summed E-state index contributed by atoms with van der Waals surface area (Å²) in [7, 11) is 1.55. The second kappa shape index (κ2) is 6.72. The minimum absolute atomic E-state index is 0.146. The number of non-ortho nitro benzene ring substituents is 1. The van der Waals surface area contributed by atoms with E-state index in [0.717, 1.165) is 5.69 Å². The largest absolute Gasteiger partial charge is 0.330 e. The van der Waals surface area contributed by atoms with Gasteiger partial charge in [-0.1, -0.05) is 24.3 Å². The Bertz CT molecular complexity index is 822. The van der Waals surface area contributed by atoms with Gasteiger partial charge in [0.1, 0.15) is 6.04 Å². The first-order valence-corrected chi connectivity index (χ1v) is 7.87. The lowest BCUT2D eigenvalue weighted by Gasteiger charge is -2.24. The predicted octanol–water partition coefficient (Wildman–Crippen LogP) is 2.47. The van der Waals surface area contributed by atoms with Crippen LogP contribution >= 0.6 is 0 Å². The molecule has 1 heterocycles. The Morgan fingerprint density at radius 3 is 2.60 bits per heavy atom. The topological polar surface area (TPSA) is 83.8 Å². The van der Waals surface area contributed by atoms with Gasteiger partial charge in [-0.3, -0.25) is 19.7 Å². The highest BCUT2D eigenvalue weighted by Crippen LogP contribution is 2.25. The van der Waals surface area contributed by atoms with Crippen LogP contribution in [0, 0.1) is 10.1 Å². The summed E-state index contributed by atoms with van der Waals surface area (Å²) in [5.41, 5.74) is 0.844. The van der Waals surface area contributed by atoms with Crippen LogP contribution in [0.5, 0.6) is 0 Å². The first kappa shape index (κ1) is 16.6. The zero-order valence-electron chi connectivity index (χ0n) is 13.7. The molecule has 2 amide bonds. The van der Waals surface area contributed by atoms with E-state index in [1.54, 1.807) is 11.9 Å². The van der Waals surface area contributed by atoms with E-state index in [9.17, 15) is 19.7 Å². The van der Waals surface area contributed by atoms with Crippen molar-refractivity contribution in [3.63, 3.8) is 0 Å². The molecule has 25 heavy (non-hydrogen) atoms. The number of hydrogen-bond donors (Lipinski definition) is 0. The molecule has 3 rings (SSSR count). The first-order chi connectivity index (χ1) is 12.0. The number of hydrogen-bond acceptors (Lipinski definition) is 4. The smallest absolute Gasteiger partial charge is 0.270 e. The standard InChI is InChI=1S/C18H17N3O4/c1-19(17(22)13-6-5-9-15(12-13)21(24)25)16-10-11-20(18(16)23)14-7-3-2-4-8-14/h2-9,12,16H,10-11H2,1H3. The van der Waals surface area contributed by atoms with E-state index in [2.05, 4.69) is 0 Å². The van der Waals surface area contributed by atoms with E-state index in [0.29, 0.717) is 13.0 Å². The quantitative estimate of drug-likeness (QED) is 0.633. The molecule has 0 saturated carbocycles. The summed E-state index contributed by atoms with van der Waals surface area (Å²) in [6, 6.07) is 14.2. The molecule has 1 atom stereocenters. The van der Waals surface area contributed by atoms with Crippen LogP contribution < -0.4 is 4.90 Å². The number of benzene rings is 2. The van der Waals surface area contributed by atoms with Crippen molar-refractivity contribution < 1.29 is 14.5 Å². The second-order valence-corrected chi connectivity index (χ2v) is 5.85. The summed E-state index contributed by atoms with van der Waals surface area (Å²) in [4.78, 5) is 38.7. The average Bonchev–Trinajstić information content (AvgIpc) is 3.02. The molecule has 1 saturated heterocycles. The summed E-state index contributed by atoms with van der Waals surface area (Å²) in [6.07, 6.45) is 0.519. The highest BCUT2D eigenvalue weighted by atomic mass is 16.6. The minimum atomic E-state index is -0.577. The van der Waals surface area contributed by atoms with Crippen molar-refractivity contribution in [1.82, 2.24) is 4.90 Å². The Balaban J connectivity index is 1.78. The molecule has 0 N–H and O–H groups in total. The first-order valence-electron chi connectivity index (χ1n) is 7.87. The molecule has 7 nitrogen and oxygen atoms in total. The fraction of sp³-hybridized carbons (Fsp3) is 0.222. The van der Waals surface area contributed by atoms with E-state index < -0.39 is 16.9 Å². The molecule has 0 aliphatic carbocycles. The van der Waals surface area contributed by atoms with Gasteiger partial charge in [-0.25, -0.2) is 0 Å². The number of nitro groups is 1. The number of carbonyl (C=O) groups is 2. The lowest BCUT2D eigenvalue weighted by Crippen LogP contribution is -2.43. The van der Waals surface area contributed by atoms with Crippen molar-refractivity contribution in [2.45, 2.75) is 12.5 Å². The van der Waals surface area contributed by atoms with Gasteiger partial charge >= 0.3 is 0 Å². The molecule has 2 aromatic rings. The zero-order chi connectivity index (χ0) is 18.0. The van der Waals surface area contributed by atoms with Crippen LogP contribution in [0.25, 0.3) is 0 Å². The van der Waals surface area contributed by atoms with Gasteiger partial charge < -0.3 is 9.80 Å². The molecule has 0 radical (unpaired) electrons. The number of rotatable bonds is 4. The van der Waals surface area contributed by atoms with Crippen LogP contribution in [0.1, 0.15) is 16.8 Å². The Morgan fingerprint density at radius 2 is 1.92 bits per heavy atom. The van der Waals surface area contributed by atoms with Gasteiger partial charge in [0.15, 0.2) is 0 Å². The van der Waals surface area contributed by atoms with Crippen molar-refractivity contribution in [3.8, 4) is 0 Å². The number of para-hydroxylation sites is 1. The third-order valence-corrected chi connectivity index (χ3v) is 4.34. The molecule has 1 aliphatic heterocycles. The maximum atomic E-state index is 12.7. The molecule has 1 fully saturated rings. The number of nitro benzene ring substituents is 1. The number of nitrogens with zero attached hydrogens (tertiary/aromatic N) is 3. The summed E-state index contributed by atoms with van der Waals surface area (Å²) >= 11 is 0. The number of carbonyl (C=O) groups excluding carboxylic acids is 2. The summed E-state index contributed by atoms with van der Waals surface area (Å²) < 4.78 is 0. The van der Waals surface area contributed by atoms with Gasteiger partial charge in [0.05, 0.1) is 4.92 Å². The van der Waals surface area contributed by atoms with E-state index in [-0.39, 0.29) is 17.2 Å². The molecule has 0 aromatic heterocycles. The lowest BCUT2D eigenvalue weighted by molar-refractivity contribution is -0.384. The van der Waals surface area contributed by atoms with Gasteiger partial charge in [-0.2, -0.15) is 0 Å². The van der Waals surface area contributed by atoms with Crippen molar-refractivity contribution in [3.05, 3.63) is 70.3 Å². The Labute approximate surface area is 144 Å². The summed E-state index contributed by atoms with van der Waals surface area (Å²) in [5.74, 6) is -0.551. The number of anilines is 1. The highest BCUT2D eigenvalue weighted by molar-refractivity contribution is 6.03. The number of amides is 2. The maximum absolute atomic E-state index is 12.7. The molecule has 7 heteroatoms. The Kier molecular flexibility index (Phi) is 4.47. The summed E-state index contributed by atoms with van der Waals surface area (Å²) in [5, 5.41) is 10.9. The fourth-order valence-electron chi connectivity index (χ4n) is 2.99. The van der Waals surface area contributed by atoms with Crippen LogP contribution in [0.3, 0.4) is 0 Å². The van der Waals surface area contributed by atoms with Crippen molar-refractivity contribution in [2.24, 2.45) is 0 Å². The van der Waals surface area contributed by atoms with Gasteiger partial charge in [0, 0.05) is 37.0 Å². The Morgan fingerprint density at radius 1 is 1.20 bits per heavy atom.